The molecule has 20 heavy (non-hydrogen) atoms. The maximum atomic E-state index is 11.2. The van der Waals surface area contributed by atoms with Crippen LogP contribution < -0.4 is 0 Å². The minimum absolute atomic E-state index is 0.236. The Labute approximate surface area is 123 Å². The van der Waals surface area contributed by atoms with Gasteiger partial charge < -0.3 is 10.0 Å². The third-order valence-electron chi connectivity index (χ3n) is 4.76. The number of likely N-dealkylation sites (tertiary alicyclic amines) is 1. The van der Waals surface area contributed by atoms with Crippen molar-refractivity contribution in [3.05, 3.63) is 0 Å². The Hall–Kier alpha value is -0.610. The lowest BCUT2D eigenvalue weighted by molar-refractivity contribution is -0.140. The van der Waals surface area contributed by atoms with E-state index in [2.05, 4.69) is 23.6 Å². The zero-order valence-corrected chi connectivity index (χ0v) is 13.1. The van der Waals surface area contributed by atoms with E-state index in [4.69, 9.17) is 0 Å². The lowest BCUT2D eigenvalue weighted by Gasteiger charge is -2.41. The summed E-state index contributed by atoms with van der Waals surface area (Å²) in [5, 5.41) is 9.19. The van der Waals surface area contributed by atoms with Crippen molar-refractivity contribution in [1.82, 2.24) is 9.80 Å². The smallest absolute Gasteiger partial charge is 0.317 e. The average Bonchev–Trinajstić information content (AvgIpc) is 2.90. The number of carbonyl (C=O) groups is 1. The van der Waals surface area contributed by atoms with E-state index in [-0.39, 0.29) is 6.54 Å². The first-order valence-electron chi connectivity index (χ1n) is 8.26. The number of aliphatic carboxylic acids is 1. The molecule has 2 aliphatic rings. The Bertz CT molecular complexity index is 306. The molecule has 0 radical (unpaired) electrons. The highest BCUT2D eigenvalue weighted by atomic mass is 16.4. The number of hydrogen-bond donors (Lipinski definition) is 1. The summed E-state index contributed by atoms with van der Waals surface area (Å²) in [6.07, 6.45) is 7.20. The minimum Gasteiger partial charge on any atom is -0.480 e. The Kier molecular flexibility index (Phi) is 5.85. The fraction of sp³-hybridized carbons (Fsp3) is 0.938. The van der Waals surface area contributed by atoms with Gasteiger partial charge >= 0.3 is 5.97 Å². The van der Waals surface area contributed by atoms with Crippen molar-refractivity contribution in [2.45, 2.75) is 64.5 Å². The van der Waals surface area contributed by atoms with Gasteiger partial charge in [-0.1, -0.05) is 26.7 Å². The maximum Gasteiger partial charge on any atom is 0.317 e. The van der Waals surface area contributed by atoms with Crippen molar-refractivity contribution in [2.75, 3.05) is 26.2 Å². The number of piperidine rings is 1. The lowest BCUT2D eigenvalue weighted by atomic mass is 9.99. The summed E-state index contributed by atoms with van der Waals surface area (Å²) < 4.78 is 0. The topological polar surface area (TPSA) is 43.8 Å². The Morgan fingerprint density at radius 3 is 2.20 bits per heavy atom. The molecule has 2 rings (SSSR count). The quantitative estimate of drug-likeness (QED) is 0.812. The third kappa shape index (κ3) is 4.45. The third-order valence-corrected chi connectivity index (χ3v) is 4.76. The summed E-state index contributed by atoms with van der Waals surface area (Å²) in [7, 11) is 0. The van der Waals surface area contributed by atoms with E-state index in [1.165, 1.54) is 32.2 Å². The highest BCUT2D eigenvalue weighted by molar-refractivity contribution is 5.69. The van der Waals surface area contributed by atoms with Gasteiger partial charge in [0.15, 0.2) is 0 Å². The molecule has 1 aliphatic heterocycles. The molecule has 0 atom stereocenters. The highest BCUT2D eigenvalue weighted by Crippen LogP contribution is 2.28. The lowest BCUT2D eigenvalue weighted by Crippen LogP contribution is -2.50. The molecule has 0 spiro atoms. The second kappa shape index (κ2) is 7.41. The van der Waals surface area contributed by atoms with Crippen LogP contribution in [0.25, 0.3) is 0 Å². The Balaban J connectivity index is 1.88. The van der Waals surface area contributed by atoms with Crippen molar-refractivity contribution >= 4 is 5.97 Å². The first-order chi connectivity index (χ1) is 9.56. The van der Waals surface area contributed by atoms with Crippen molar-refractivity contribution in [3.8, 4) is 0 Å². The fourth-order valence-corrected chi connectivity index (χ4v) is 3.90. The van der Waals surface area contributed by atoms with Gasteiger partial charge in [-0.25, -0.2) is 0 Å². The fourth-order valence-electron chi connectivity index (χ4n) is 3.90. The van der Waals surface area contributed by atoms with E-state index in [1.54, 1.807) is 0 Å². The minimum atomic E-state index is -0.665. The van der Waals surface area contributed by atoms with Crippen LogP contribution in [0.2, 0.25) is 0 Å². The first-order valence-corrected chi connectivity index (χ1v) is 8.26. The van der Waals surface area contributed by atoms with Crippen LogP contribution in [0.4, 0.5) is 0 Å². The van der Waals surface area contributed by atoms with Crippen LogP contribution in [0.1, 0.15) is 52.4 Å². The van der Waals surface area contributed by atoms with Crippen LogP contribution in [-0.2, 0) is 4.79 Å². The molecule has 0 aromatic heterocycles. The molecule has 1 saturated heterocycles. The number of nitrogens with zero attached hydrogens (tertiary/aromatic N) is 2. The van der Waals surface area contributed by atoms with Crippen molar-refractivity contribution in [1.29, 1.82) is 0 Å². The molecule has 1 heterocycles. The molecular formula is C16H30N2O2. The predicted molar refractivity (Wildman–Crippen MR) is 80.9 cm³/mol. The second-order valence-corrected chi connectivity index (χ2v) is 6.93. The molecule has 0 aromatic rings. The molecule has 0 unspecified atom stereocenters. The van der Waals surface area contributed by atoms with Crippen LogP contribution >= 0.6 is 0 Å². The normalized spacial score (nSPS) is 23.0. The zero-order valence-electron chi connectivity index (χ0n) is 13.1. The van der Waals surface area contributed by atoms with Gasteiger partial charge in [0.25, 0.3) is 0 Å². The van der Waals surface area contributed by atoms with E-state index in [0.29, 0.717) is 12.1 Å². The monoisotopic (exact) mass is 282 g/mol. The van der Waals surface area contributed by atoms with Crippen molar-refractivity contribution in [3.63, 3.8) is 0 Å². The highest BCUT2D eigenvalue weighted by Gasteiger charge is 2.32. The van der Waals surface area contributed by atoms with Crippen molar-refractivity contribution in [2.24, 2.45) is 5.92 Å². The number of carboxylic acids is 1. The van der Waals surface area contributed by atoms with Gasteiger partial charge in [0.1, 0.15) is 0 Å². The van der Waals surface area contributed by atoms with E-state index in [0.717, 1.165) is 31.8 Å². The summed E-state index contributed by atoms with van der Waals surface area (Å²) in [5.74, 6) is 0.0537. The number of rotatable bonds is 6. The number of carboxylic acid groups (broad SMARTS) is 1. The van der Waals surface area contributed by atoms with Crippen LogP contribution in [0.15, 0.2) is 0 Å². The van der Waals surface area contributed by atoms with Gasteiger partial charge in [0.05, 0.1) is 6.54 Å². The van der Waals surface area contributed by atoms with Gasteiger partial charge in [0, 0.05) is 18.6 Å². The van der Waals surface area contributed by atoms with Gasteiger partial charge in [-0.3, -0.25) is 9.69 Å². The maximum absolute atomic E-state index is 11.2. The average molecular weight is 282 g/mol. The SMILES string of the molecule is CC(C)CN1CCC(N(CC(=O)O)C2CCCC2)CC1. The summed E-state index contributed by atoms with van der Waals surface area (Å²) in [4.78, 5) is 16.0. The predicted octanol–water partition coefficient (Wildman–Crippen LogP) is 2.44. The molecule has 4 heteroatoms. The summed E-state index contributed by atoms with van der Waals surface area (Å²) >= 11 is 0. The molecular weight excluding hydrogens is 252 g/mol. The van der Waals surface area contributed by atoms with Gasteiger partial charge in [0.2, 0.25) is 0 Å². The molecule has 4 nitrogen and oxygen atoms in total. The van der Waals surface area contributed by atoms with Crippen LogP contribution in [0.3, 0.4) is 0 Å². The van der Waals surface area contributed by atoms with E-state index >= 15 is 0 Å². The Morgan fingerprint density at radius 2 is 1.70 bits per heavy atom. The largest absolute Gasteiger partial charge is 0.480 e. The van der Waals surface area contributed by atoms with E-state index < -0.39 is 5.97 Å². The molecule has 0 bridgehead atoms. The van der Waals surface area contributed by atoms with Crippen LogP contribution in [0, 0.1) is 5.92 Å². The molecule has 116 valence electrons. The van der Waals surface area contributed by atoms with Gasteiger partial charge in [-0.2, -0.15) is 0 Å². The van der Waals surface area contributed by atoms with E-state index in [1.807, 2.05) is 0 Å². The second-order valence-electron chi connectivity index (χ2n) is 6.93. The van der Waals surface area contributed by atoms with Crippen LogP contribution in [-0.4, -0.2) is 59.1 Å². The zero-order chi connectivity index (χ0) is 14.5. The van der Waals surface area contributed by atoms with E-state index in [9.17, 15) is 9.90 Å². The summed E-state index contributed by atoms with van der Waals surface area (Å²) in [5.41, 5.74) is 0. The molecule has 0 aromatic carbocycles. The van der Waals surface area contributed by atoms with Crippen molar-refractivity contribution < 1.29 is 9.90 Å². The number of hydrogen-bond acceptors (Lipinski definition) is 3. The Morgan fingerprint density at radius 1 is 1.15 bits per heavy atom. The van der Waals surface area contributed by atoms with Crippen LogP contribution in [0.5, 0.6) is 0 Å². The molecule has 2 fully saturated rings. The van der Waals surface area contributed by atoms with Gasteiger partial charge in [-0.05, 0) is 44.7 Å². The molecule has 1 aliphatic carbocycles. The summed E-state index contributed by atoms with van der Waals surface area (Å²) in [6.45, 7) is 8.20. The van der Waals surface area contributed by atoms with Gasteiger partial charge in [-0.15, -0.1) is 0 Å². The molecule has 1 saturated carbocycles. The standard InChI is InChI=1S/C16H30N2O2/c1-13(2)11-17-9-7-15(8-10-17)18(12-16(19)20)14-5-3-4-6-14/h13-15H,3-12H2,1-2H3,(H,19,20). The molecule has 0 amide bonds. The summed E-state index contributed by atoms with van der Waals surface area (Å²) in [6, 6.07) is 1.00. The molecule has 1 N–H and O–H groups in total. The first kappa shape index (κ1) is 15.8.